The smallest absolute Gasteiger partial charge is 0.173 e. The van der Waals surface area contributed by atoms with Gasteiger partial charge in [0.05, 0.1) is 4.47 Å². The lowest BCUT2D eigenvalue weighted by atomic mass is 9.99. The number of likely N-dealkylation sites (N-methyl/N-ethyl adjacent to an activating group) is 1. The Hall–Kier alpha value is -1.53. The van der Waals surface area contributed by atoms with Gasteiger partial charge in [-0.2, -0.15) is 0 Å². The molecule has 0 aliphatic carbocycles. The maximum Gasteiger partial charge on any atom is 0.173 e. The second kappa shape index (κ2) is 6.28. The van der Waals surface area contributed by atoms with Crippen LogP contribution in [0.1, 0.15) is 17.2 Å². The third-order valence-corrected chi connectivity index (χ3v) is 3.96. The Balaban J connectivity index is 2.34. The fraction of sp³-hybridized carbons (Fsp3) is 0.214. The van der Waals surface area contributed by atoms with Gasteiger partial charge in [0.2, 0.25) is 0 Å². The summed E-state index contributed by atoms with van der Waals surface area (Å²) in [4.78, 5) is 4.03. The number of nitrogens with zero attached hydrogens (tertiary/aromatic N) is 1. The largest absolute Gasteiger partial charge is 0.398 e. The molecule has 20 heavy (non-hydrogen) atoms. The first kappa shape index (κ1) is 14.9. The fourth-order valence-electron chi connectivity index (χ4n) is 2.01. The highest BCUT2D eigenvalue weighted by Gasteiger charge is 2.19. The summed E-state index contributed by atoms with van der Waals surface area (Å²) in [7, 11) is 1.75. The molecule has 1 heterocycles. The summed E-state index contributed by atoms with van der Waals surface area (Å²) in [5, 5.41) is 3.08. The summed E-state index contributed by atoms with van der Waals surface area (Å²) in [5.74, 6) is -1.77. The number of anilines is 1. The van der Waals surface area contributed by atoms with Crippen molar-refractivity contribution in [3.63, 3.8) is 0 Å². The zero-order chi connectivity index (χ0) is 14.7. The van der Waals surface area contributed by atoms with Crippen LogP contribution in [0.5, 0.6) is 0 Å². The van der Waals surface area contributed by atoms with Crippen LogP contribution in [0.25, 0.3) is 0 Å². The van der Waals surface area contributed by atoms with Gasteiger partial charge in [0, 0.05) is 24.1 Å². The lowest BCUT2D eigenvalue weighted by Gasteiger charge is -2.19. The molecule has 1 atom stereocenters. The molecule has 3 N–H and O–H groups in total. The number of aromatic nitrogens is 1. The summed E-state index contributed by atoms with van der Waals surface area (Å²) in [5.41, 5.74) is 7.99. The molecule has 1 aromatic carbocycles. The second-order valence-corrected chi connectivity index (χ2v) is 5.18. The van der Waals surface area contributed by atoms with Crippen LogP contribution in [0.2, 0.25) is 0 Å². The van der Waals surface area contributed by atoms with Crippen LogP contribution in [-0.4, -0.2) is 12.0 Å². The summed E-state index contributed by atoms with van der Waals surface area (Å²) < 4.78 is 26.9. The van der Waals surface area contributed by atoms with Gasteiger partial charge in [-0.05, 0) is 52.7 Å². The standard InChI is InChI=1S/C14H14BrF2N3/c1-19-12(6-8-7-20-5-4-11(8)18)9-2-3-10(16)14(17)13(9)15/h2-5,7,12,19H,6H2,1H3,(H2,18,20). The molecule has 3 nitrogen and oxygen atoms in total. The van der Waals surface area contributed by atoms with Crippen molar-refractivity contribution in [1.82, 2.24) is 10.3 Å². The first-order valence-corrected chi connectivity index (χ1v) is 6.83. The Morgan fingerprint density at radius 1 is 1.35 bits per heavy atom. The van der Waals surface area contributed by atoms with Gasteiger partial charge in [-0.1, -0.05) is 6.07 Å². The van der Waals surface area contributed by atoms with Crippen LogP contribution < -0.4 is 11.1 Å². The highest BCUT2D eigenvalue weighted by Crippen LogP contribution is 2.30. The van der Waals surface area contributed by atoms with E-state index in [9.17, 15) is 8.78 Å². The summed E-state index contributed by atoms with van der Waals surface area (Å²) in [6.07, 6.45) is 3.81. The molecule has 106 valence electrons. The highest BCUT2D eigenvalue weighted by molar-refractivity contribution is 9.10. The van der Waals surface area contributed by atoms with Crippen LogP contribution in [0.15, 0.2) is 35.1 Å². The Labute approximate surface area is 124 Å². The van der Waals surface area contributed by atoms with Gasteiger partial charge in [-0.25, -0.2) is 8.78 Å². The van der Waals surface area contributed by atoms with E-state index in [1.807, 2.05) is 0 Å². The van der Waals surface area contributed by atoms with Crippen LogP contribution in [0, 0.1) is 11.6 Å². The predicted molar refractivity (Wildman–Crippen MR) is 78.2 cm³/mol. The molecule has 2 rings (SSSR count). The van der Waals surface area contributed by atoms with E-state index in [0.717, 1.165) is 11.6 Å². The topological polar surface area (TPSA) is 50.9 Å². The summed E-state index contributed by atoms with van der Waals surface area (Å²) in [6.45, 7) is 0. The van der Waals surface area contributed by atoms with Crippen molar-refractivity contribution in [1.29, 1.82) is 0 Å². The number of nitrogen functional groups attached to an aromatic ring is 1. The van der Waals surface area contributed by atoms with Gasteiger partial charge in [0.1, 0.15) is 0 Å². The number of halogens is 3. The molecular weight excluding hydrogens is 328 g/mol. The van der Waals surface area contributed by atoms with Gasteiger partial charge in [-0.3, -0.25) is 4.98 Å². The second-order valence-electron chi connectivity index (χ2n) is 4.38. The minimum Gasteiger partial charge on any atom is -0.398 e. The van der Waals surface area contributed by atoms with Crippen molar-refractivity contribution in [2.75, 3.05) is 12.8 Å². The highest BCUT2D eigenvalue weighted by atomic mass is 79.9. The average molecular weight is 342 g/mol. The molecule has 2 aromatic rings. The minimum atomic E-state index is -0.887. The molecule has 0 bridgehead atoms. The molecule has 0 saturated carbocycles. The monoisotopic (exact) mass is 341 g/mol. The maximum atomic E-state index is 13.6. The molecule has 0 fully saturated rings. The van der Waals surface area contributed by atoms with E-state index >= 15 is 0 Å². The average Bonchev–Trinajstić information content (AvgIpc) is 2.45. The zero-order valence-corrected chi connectivity index (χ0v) is 12.4. The van der Waals surface area contributed by atoms with Crippen LogP contribution >= 0.6 is 15.9 Å². The zero-order valence-electron chi connectivity index (χ0n) is 10.8. The Bertz CT molecular complexity index is 619. The number of nitrogens with one attached hydrogen (secondary N) is 1. The van der Waals surface area contributed by atoms with Crippen molar-refractivity contribution in [3.05, 3.63) is 57.8 Å². The SMILES string of the molecule is CNC(Cc1cnccc1N)c1ccc(F)c(F)c1Br. The fourth-order valence-corrected chi connectivity index (χ4v) is 2.60. The molecular formula is C14H14BrF2N3. The van der Waals surface area contributed by atoms with Gasteiger partial charge in [0.25, 0.3) is 0 Å². The quantitative estimate of drug-likeness (QED) is 0.839. The first-order chi connectivity index (χ1) is 9.54. The summed E-state index contributed by atoms with van der Waals surface area (Å²) in [6, 6.07) is 4.18. The number of pyridine rings is 1. The molecule has 0 radical (unpaired) electrons. The lowest BCUT2D eigenvalue weighted by Crippen LogP contribution is -2.20. The van der Waals surface area contributed by atoms with E-state index < -0.39 is 11.6 Å². The molecule has 0 aliphatic rings. The van der Waals surface area contributed by atoms with E-state index in [2.05, 4.69) is 26.2 Å². The van der Waals surface area contributed by atoms with Crippen molar-refractivity contribution in [2.45, 2.75) is 12.5 Å². The molecule has 1 aromatic heterocycles. The van der Waals surface area contributed by atoms with E-state index in [4.69, 9.17) is 5.73 Å². The Morgan fingerprint density at radius 2 is 2.10 bits per heavy atom. The Morgan fingerprint density at radius 3 is 2.75 bits per heavy atom. The van der Waals surface area contributed by atoms with E-state index in [1.54, 1.807) is 31.6 Å². The van der Waals surface area contributed by atoms with Gasteiger partial charge in [-0.15, -0.1) is 0 Å². The number of hydrogen-bond acceptors (Lipinski definition) is 3. The van der Waals surface area contributed by atoms with E-state index in [-0.39, 0.29) is 10.5 Å². The number of benzene rings is 1. The number of rotatable bonds is 4. The number of nitrogens with two attached hydrogens (primary N) is 1. The normalized spacial score (nSPS) is 12.4. The maximum absolute atomic E-state index is 13.6. The van der Waals surface area contributed by atoms with Crippen molar-refractivity contribution >= 4 is 21.6 Å². The molecule has 0 amide bonds. The molecule has 6 heteroatoms. The van der Waals surface area contributed by atoms with E-state index in [1.165, 1.54) is 0 Å². The third-order valence-electron chi connectivity index (χ3n) is 3.15. The first-order valence-electron chi connectivity index (χ1n) is 6.03. The van der Waals surface area contributed by atoms with Crippen molar-refractivity contribution in [2.24, 2.45) is 0 Å². The summed E-state index contributed by atoms with van der Waals surface area (Å²) >= 11 is 3.10. The minimum absolute atomic E-state index is 0.124. The van der Waals surface area contributed by atoms with Crippen LogP contribution in [0.3, 0.4) is 0 Å². The Kier molecular flexibility index (Phi) is 4.67. The molecule has 0 saturated heterocycles. The molecule has 1 unspecified atom stereocenters. The van der Waals surface area contributed by atoms with Gasteiger partial charge < -0.3 is 11.1 Å². The van der Waals surface area contributed by atoms with Crippen molar-refractivity contribution < 1.29 is 8.78 Å². The van der Waals surface area contributed by atoms with Crippen LogP contribution in [-0.2, 0) is 6.42 Å². The van der Waals surface area contributed by atoms with E-state index in [0.29, 0.717) is 17.7 Å². The predicted octanol–water partition coefficient (Wildman–Crippen LogP) is 3.21. The third kappa shape index (κ3) is 2.96. The van der Waals surface area contributed by atoms with Crippen LogP contribution in [0.4, 0.5) is 14.5 Å². The van der Waals surface area contributed by atoms with Gasteiger partial charge >= 0.3 is 0 Å². The lowest BCUT2D eigenvalue weighted by molar-refractivity contribution is 0.495. The molecule has 0 spiro atoms. The number of hydrogen-bond donors (Lipinski definition) is 2. The molecule has 0 aliphatic heterocycles. The van der Waals surface area contributed by atoms with Crippen molar-refractivity contribution in [3.8, 4) is 0 Å². The van der Waals surface area contributed by atoms with Gasteiger partial charge in [0.15, 0.2) is 11.6 Å².